The van der Waals surface area contributed by atoms with Gasteiger partial charge in [-0.05, 0) is 36.6 Å². The molecule has 26 heavy (non-hydrogen) atoms. The Balaban J connectivity index is 2.08. The molecule has 2 atom stereocenters. The number of carboxylic acids is 1. The lowest BCUT2D eigenvalue weighted by atomic mass is 9.95. The Hall–Kier alpha value is -2.22. The maximum absolute atomic E-state index is 11.5. The summed E-state index contributed by atoms with van der Waals surface area (Å²) in [5.41, 5.74) is 0.0336. The van der Waals surface area contributed by atoms with Crippen molar-refractivity contribution in [3.63, 3.8) is 0 Å². The molecule has 7 heteroatoms. The molecule has 140 valence electrons. The van der Waals surface area contributed by atoms with Gasteiger partial charge in [-0.15, -0.1) is 0 Å². The molecule has 1 unspecified atom stereocenters. The molecule has 0 aliphatic carbocycles. The van der Waals surface area contributed by atoms with Gasteiger partial charge in [0.25, 0.3) is 0 Å². The van der Waals surface area contributed by atoms with E-state index >= 15 is 0 Å². The minimum absolute atomic E-state index is 0.00895. The summed E-state index contributed by atoms with van der Waals surface area (Å²) in [6.45, 7) is 1.56. The van der Waals surface area contributed by atoms with Gasteiger partial charge in [0.15, 0.2) is 9.84 Å². The van der Waals surface area contributed by atoms with Gasteiger partial charge in [0.2, 0.25) is 0 Å². The predicted molar refractivity (Wildman–Crippen MR) is 98.7 cm³/mol. The zero-order valence-electron chi connectivity index (χ0n) is 14.7. The first kappa shape index (κ1) is 20.1. The maximum atomic E-state index is 11.5. The number of nitrogens with one attached hydrogen (secondary N) is 1. The summed E-state index contributed by atoms with van der Waals surface area (Å²) in [4.78, 5) is 11.7. The van der Waals surface area contributed by atoms with Gasteiger partial charge in [0.1, 0.15) is 6.04 Å². The number of rotatable bonds is 8. The average Bonchev–Trinajstić information content (AvgIpc) is 2.58. The summed E-state index contributed by atoms with van der Waals surface area (Å²) in [7, 11) is -3.31. The topological polar surface area (TPSA) is 104 Å². The van der Waals surface area contributed by atoms with Crippen LogP contribution in [0.4, 0.5) is 0 Å². The average molecular weight is 377 g/mol. The summed E-state index contributed by atoms with van der Waals surface area (Å²) in [6, 6.07) is 14.3. The van der Waals surface area contributed by atoms with Crippen LogP contribution in [0.1, 0.15) is 18.1 Å². The molecule has 2 rings (SSSR count). The Bertz CT molecular complexity index is 845. The Morgan fingerprint density at radius 3 is 2.19 bits per heavy atom. The number of benzene rings is 2. The van der Waals surface area contributed by atoms with Crippen LogP contribution < -0.4 is 5.32 Å². The van der Waals surface area contributed by atoms with Crippen LogP contribution in [-0.4, -0.2) is 43.4 Å². The molecule has 0 spiro atoms. The second kappa shape index (κ2) is 7.99. The normalized spacial score (nSPS) is 15.2. The fourth-order valence-corrected chi connectivity index (χ4v) is 3.21. The SMILES string of the molecule is CC(O)(CN[C@@H](Cc1ccccc1)C(=O)O)c1ccc(S(C)(=O)=O)cc1. The molecule has 0 saturated heterocycles. The highest BCUT2D eigenvalue weighted by molar-refractivity contribution is 7.90. The van der Waals surface area contributed by atoms with Crippen molar-refractivity contribution < 1.29 is 23.4 Å². The van der Waals surface area contributed by atoms with Crippen molar-refractivity contribution in [1.82, 2.24) is 5.32 Å². The number of aliphatic hydroxyl groups is 1. The van der Waals surface area contributed by atoms with Crippen molar-refractivity contribution in [1.29, 1.82) is 0 Å². The van der Waals surface area contributed by atoms with Crippen LogP contribution in [0.5, 0.6) is 0 Å². The van der Waals surface area contributed by atoms with Crippen molar-refractivity contribution >= 4 is 15.8 Å². The van der Waals surface area contributed by atoms with Gasteiger partial charge in [-0.2, -0.15) is 0 Å². The van der Waals surface area contributed by atoms with Crippen LogP contribution in [0, 0.1) is 0 Å². The molecule has 0 radical (unpaired) electrons. The summed E-state index contributed by atoms with van der Waals surface area (Å²) in [5.74, 6) is -1.00. The van der Waals surface area contributed by atoms with Crippen molar-refractivity contribution in [2.75, 3.05) is 12.8 Å². The van der Waals surface area contributed by atoms with Crippen molar-refractivity contribution in [3.8, 4) is 0 Å². The lowest BCUT2D eigenvalue weighted by Crippen LogP contribution is -2.45. The molecule has 0 amide bonds. The summed E-state index contributed by atoms with van der Waals surface area (Å²) < 4.78 is 23.0. The Morgan fingerprint density at radius 2 is 1.69 bits per heavy atom. The summed E-state index contributed by atoms with van der Waals surface area (Å²) in [5, 5.41) is 23.0. The van der Waals surface area contributed by atoms with Crippen LogP contribution in [0.15, 0.2) is 59.5 Å². The highest BCUT2D eigenvalue weighted by Gasteiger charge is 2.27. The van der Waals surface area contributed by atoms with Crippen LogP contribution in [0.2, 0.25) is 0 Å². The van der Waals surface area contributed by atoms with E-state index in [-0.39, 0.29) is 11.4 Å². The van der Waals surface area contributed by atoms with Gasteiger partial charge in [-0.3, -0.25) is 4.79 Å². The molecule has 0 aromatic heterocycles. The van der Waals surface area contributed by atoms with E-state index in [0.717, 1.165) is 11.8 Å². The maximum Gasteiger partial charge on any atom is 0.321 e. The van der Waals surface area contributed by atoms with E-state index in [2.05, 4.69) is 5.32 Å². The number of hydrogen-bond donors (Lipinski definition) is 3. The van der Waals surface area contributed by atoms with E-state index in [1.54, 1.807) is 6.92 Å². The van der Waals surface area contributed by atoms with Crippen LogP contribution >= 0.6 is 0 Å². The molecule has 0 saturated carbocycles. The van der Waals surface area contributed by atoms with Crippen LogP contribution in [0.3, 0.4) is 0 Å². The van der Waals surface area contributed by atoms with Crippen molar-refractivity contribution in [2.24, 2.45) is 0 Å². The standard InChI is InChI=1S/C19H23NO5S/c1-19(23,15-8-10-16(11-9-15)26(2,24)25)13-20-17(18(21)22)12-14-6-4-3-5-7-14/h3-11,17,20,23H,12-13H2,1-2H3,(H,21,22)/t17-,19?/m0/s1. The monoisotopic (exact) mass is 377 g/mol. The van der Waals surface area contributed by atoms with E-state index < -0.39 is 27.4 Å². The molecule has 0 heterocycles. The second-order valence-electron chi connectivity index (χ2n) is 6.53. The van der Waals surface area contributed by atoms with Crippen LogP contribution in [0.25, 0.3) is 0 Å². The van der Waals surface area contributed by atoms with E-state index in [9.17, 15) is 23.4 Å². The first-order valence-corrected chi connectivity index (χ1v) is 10.0. The molecule has 3 N–H and O–H groups in total. The third-order valence-corrected chi connectivity index (χ3v) is 5.31. The minimum atomic E-state index is -3.31. The van der Waals surface area contributed by atoms with Gasteiger partial charge < -0.3 is 15.5 Å². The Labute approximate surface area is 153 Å². The number of carboxylic acid groups (broad SMARTS) is 1. The van der Waals surface area contributed by atoms with Crippen molar-refractivity contribution in [2.45, 2.75) is 29.9 Å². The highest BCUT2D eigenvalue weighted by Crippen LogP contribution is 2.22. The first-order valence-electron chi connectivity index (χ1n) is 8.13. The molecule has 2 aromatic rings. The molecule has 6 nitrogen and oxygen atoms in total. The molecule has 2 aromatic carbocycles. The first-order chi connectivity index (χ1) is 12.1. The molecule has 0 aliphatic heterocycles. The van der Waals surface area contributed by atoms with Gasteiger partial charge in [-0.1, -0.05) is 42.5 Å². The number of sulfone groups is 1. The fourth-order valence-electron chi connectivity index (χ4n) is 2.58. The Kier molecular flexibility index (Phi) is 6.17. The third-order valence-electron chi connectivity index (χ3n) is 4.18. The highest BCUT2D eigenvalue weighted by atomic mass is 32.2. The predicted octanol–water partition coefficient (Wildman–Crippen LogP) is 1.58. The van der Waals surface area contributed by atoms with Gasteiger partial charge in [-0.25, -0.2) is 8.42 Å². The lowest BCUT2D eigenvalue weighted by Gasteiger charge is -2.26. The number of hydrogen-bond acceptors (Lipinski definition) is 5. The second-order valence-corrected chi connectivity index (χ2v) is 8.55. The minimum Gasteiger partial charge on any atom is -0.480 e. The van der Waals surface area contributed by atoms with Crippen molar-refractivity contribution in [3.05, 3.63) is 65.7 Å². The van der Waals surface area contributed by atoms with E-state index in [1.807, 2.05) is 30.3 Å². The van der Waals surface area contributed by atoms with E-state index in [1.165, 1.54) is 24.3 Å². The number of aliphatic carboxylic acids is 1. The largest absolute Gasteiger partial charge is 0.480 e. The fraction of sp³-hybridized carbons (Fsp3) is 0.316. The molecule has 0 fully saturated rings. The van der Waals surface area contributed by atoms with Crippen LogP contribution in [-0.2, 0) is 26.7 Å². The zero-order valence-corrected chi connectivity index (χ0v) is 15.5. The summed E-state index contributed by atoms with van der Waals surface area (Å²) >= 11 is 0. The number of carbonyl (C=O) groups is 1. The van der Waals surface area contributed by atoms with Gasteiger partial charge >= 0.3 is 5.97 Å². The molecule has 0 bridgehead atoms. The summed E-state index contributed by atoms with van der Waals surface area (Å²) in [6.07, 6.45) is 1.40. The third kappa shape index (κ3) is 5.39. The Morgan fingerprint density at radius 1 is 1.12 bits per heavy atom. The van der Waals surface area contributed by atoms with Gasteiger partial charge in [0, 0.05) is 12.8 Å². The molecular weight excluding hydrogens is 354 g/mol. The zero-order chi connectivity index (χ0) is 19.4. The quantitative estimate of drug-likeness (QED) is 0.645. The lowest BCUT2D eigenvalue weighted by molar-refractivity contribution is -0.139. The van der Waals surface area contributed by atoms with E-state index in [4.69, 9.17) is 0 Å². The molecular formula is C19H23NO5S. The van der Waals surface area contributed by atoms with Gasteiger partial charge in [0.05, 0.1) is 10.5 Å². The molecule has 0 aliphatic rings. The smallest absolute Gasteiger partial charge is 0.321 e. The van der Waals surface area contributed by atoms with E-state index in [0.29, 0.717) is 12.0 Å².